The van der Waals surface area contributed by atoms with Gasteiger partial charge in [-0.25, -0.2) is 0 Å². The normalized spacial score (nSPS) is 16.6. The summed E-state index contributed by atoms with van der Waals surface area (Å²) in [4.78, 5) is 1.26. The molecule has 0 spiro atoms. The maximum Gasteiger partial charge on any atom is 0.141 e. The maximum atomic E-state index is 6.31. The van der Waals surface area contributed by atoms with Gasteiger partial charge in [0.05, 0.1) is 4.90 Å². The van der Waals surface area contributed by atoms with Crippen LogP contribution in [0, 0.1) is 0 Å². The van der Waals surface area contributed by atoms with Crippen LogP contribution in [-0.4, -0.2) is 24.9 Å². The van der Waals surface area contributed by atoms with E-state index in [1.165, 1.54) is 21.2 Å². The van der Waals surface area contributed by atoms with Gasteiger partial charge in [-0.15, -0.1) is 11.8 Å². The Kier molecular flexibility index (Phi) is 4.72. The van der Waals surface area contributed by atoms with Crippen LogP contribution in [0.25, 0.3) is 10.8 Å². The first kappa shape index (κ1) is 15.6. The monoisotopic (exact) mass is 335 g/mol. The average Bonchev–Trinajstić information content (AvgIpc) is 2.66. The topological polar surface area (TPSA) is 21.3 Å². The van der Waals surface area contributed by atoms with Crippen molar-refractivity contribution in [3.8, 4) is 5.75 Å². The van der Waals surface area contributed by atoms with Crippen molar-refractivity contribution in [2.24, 2.45) is 0 Å². The fourth-order valence-electron chi connectivity index (χ4n) is 3.08. The van der Waals surface area contributed by atoms with Gasteiger partial charge >= 0.3 is 0 Å². The van der Waals surface area contributed by atoms with Crippen LogP contribution in [0.4, 0.5) is 0 Å². The molecule has 3 aromatic rings. The van der Waals surface area contributed by atoms with Crippen molar-refractivity contribution < 1.29 is 4.74 Å². The van der Waals surface area contributed by atoms with Crippen LogP contribution in [0.2, 0.25) is 0 Å². The van der Waals surface area contributed by atoms with E-state index in [1.54, 1.807) is 0 Å². The standard InChI is InChI=1S/C21H21NOS/c1-2-6-16(7-3-1)12-13-22-14-18-15-24-20-11-10-17-8-4-5-9-19(17)21(20)23-18/h1-11,18,22H,12-15H2. The first-order valence-electron chi connectivity index (χ1n) is 8.46. The van der Waals surface area contributed by atoms with E-state index in [1.807, 2.05) is 11.8 Å². The molecule has 1 unspecified atom stereocenters. The molecule has 122 valence electrons. The highest BCUT2D eigenvalue weighted by Gasteiger charge is 2.21. The predicted molar refractivity (Wildman–Crippen MR) is 102 cm³/mol. The molecular formula is C21H21NOS. The minimum absolute atomic E-state index is 0.226. The SMILES string of the molecule is c1ccc(CCNCC2CSc3ccc4ccccc4c3O2)cc1. The summed E-state index contributed by atoms with van der Waals surface area (Å²) in [7, 11) is 0. The van der Waals surface area contributed by atoms with Crippen LogP contribution in [-0.2, 0) is 6.42 Å². The number of hydrogen-bond acceptors (Lipinski definition) is 3. The van der Waals surface area contributed by atoms with Crippen molar-refractivity contribution in [3.63, 3.8) is 0 Å². The van der Waals surface area contributed by atoms with Crippen LogP contribution < -0.4 is 10.1 Å². The maximum absolute atomic E-state index is 6.31. The number of hydrogen-bond donors (Lipinski definition) is 1. The van der Waals surface area contributed by atoms with Gasteiger partial charge in [0.25, 0.3) is 0 Å². The van der Waals surface area contributed by atoms with Crippen LogP contribution >= 0.6 is 11.8 Å². The molecule has 2 nitrogen and oxygen atoms in total. The highest BCUT2D eigenvalue weighted by atomic mass is 32.2. The number of fused-ring (bicyclic) bond motifs is 3. The Morgan fingerprint density at radius 2 is 1.79 bits per heavy atom. The largest absolute Gasteiger partial charge is 0.486 e. The zero-order valence-electron chi connectivity index (χ0n) is 13.6. The molecule has 0 fully saturated rings. The van der Waals surface area contributed by atoms with Crippen LogP contribution in [0.1, 0.15) is 5.56 Å². The van der Waals surface area contributed by atoms with E-state index in [2.05, 4.69) is 72.0 Å². The minimum Gasteiger partial charge on any atom is -0.486 e. The fraction of sp³-hybridized carbons (Fsp3) is 0.238. The molecule has 1 heterocycles. The second-order valence-electron chi connectivity index (χ2n) is 6.10. The second kappa shape index (κ2) is 7.29. The number of ether oxygens (including phenoxy) is 1. The van der Waals surface area contributed by atoms with Gasteiger partial charge in [0.1, 0.15) is 11.9 Å². The summed E-state index contributed by atoms with van der Waals surface area (Å²) in [6.45, 7) is 1.87. The summed E-state index contributed by atoms with van der Waals surface area (Å²) in [6.07, 6.45) is 1.28. The lowest BCUT2D eigenvalue weighted by molar-refractivity contribution is 0.215. The highest BCUT2D eigenvalue weighted by molar-refractivity contribution is 7.99. The van der Waals surface area contributed by atoms with Crippen molar-refractivity contribution in [2.45, 2.75) is 17.4 Å². The lowest BCUT2D eigenvalue weighted by Gasteiger charge is -2.27. The first-order valence-corrected chi connectivity index (χ1v) is 9.44. The third-order valence-electron chi connectivity index (χ3n) is 4.36. The predicted octanol–water partition coefficient (Wildman–Crippen LogP) is 4.53. The third kappa shape index (κ3) is 3.42. The Bertz CT molecular complexity index is 818. The van der Waals surface area contributed by atoms with E-state index in [-0.39, 0.29) is 6.10 Å². The highest BCUT2D eigenvalue weighted by Crippen LogP contribution is 2.40. The zero-order chi connectivity index (χ0) is 16.2. The zero-order valence-corrected chi connectivity index (χ0v) is 14.4. The molecule has 3 aromatic carbocycles. The Morgan fingerprint density at radius 3 is 2.71 bits per heavy atom. The first-order chi connectivity index (χ1) is 11.9. The summed E-state index contributed by atoms with van der Waals surface area (Å²) in [6, 6.07) is 23.4. The van der Waals surface area contributed by atoms with Crippen molar-refractivity contribution in [2.75, 3.05) is 18.8 Å². The quantitative estimate of drug-likeness (QED) is 0.693. The van der Waals surface area contributed by atoms with Crippen molar-refractivity contribution in [1.82, 2.24) is 5.32 Å². The van der Waals surface area contributed by atoms with Gasteiger partial charge in [0.15, 0.2) is 0 Å². The Balaban J connectivity index is 1.37. The molecule has 4 rings (SSSR count). The summed E-state index contributed by atoms with van der Waals surface area (Å²) in [5, 5.41) is 6.01. The van der Waals surface area contributed by atoms with Gasteiger partial charge in [-0.3, -0.25) is 0 Å². The molecule has 1 aliphatic rings. The molecule has 3 heteroatoms. The number of thioether (sulfide) groups is 1. The molecule has 1 aliphatic heterocycles. The van der Waals surface area contributed by atoms with Gasteiger partial charge < -0.3 is 10.1 Å². The molecule has 0 radical (unpaired) electrons. The molecular weight excluding hydrogens is 314 g/mol. The summed E-state index contributed by atoms with van der Waals surface area (Å²) in [5.41, 5.74) is 1.38. The minimum atomic E-state index is 0.226. The number of rotatable bonds is 5. The molecule has 1 N–H and O–H groups in total. The van der Waals surface area contributed by atoms with E-state index in [4.69, 9.17) is 4.74 Å². The van der Waals surface area contributed by atoms with Crippen LogP contribution in [0.15, 0.2) is 71.6 Å². The number of benzene rings is 3. The summed E-state index contributed by atoms with van der Waals surface area (Å²) >= 11 is 1.90. The third-order valence-corrected chi connectivity index (χ3v) is 5.53. The van der Waals surface area contributed by atoms with Gasteiger partial charge in [-0.2, -0.15) is 0 Å². The van der Waals surface area contributed by atoms with E-state index in [9.17, 15) is 0 Å². The molecule has 0 bridgehead atoms. The fourth-order valence-corrected chi connectivity index (χ4v) is 4.09. The molecule has 0 saturated carbocycles. The Labute approximate surface area is 147 Å². The lowest BCUT2D eigenvalue weighted by atomic mass is 10.1. The van der Waals surface area contributed by atoms with Gasteiger partial charge in [-0.05, 0) is 30.0 Å². The van der Waals surface area contributed by atoms with E-state index in [0.29, 0.717) is 0 Å². The van der Waals surface area contributed by atoms with Gasteiger partial charge in [0.2, 0.25) is 0 Å². The molecule has 0 amide bonds. The second-order valence-corrected chi connectivity index (χ2v) is 7.17. The molecule has 0 aliphatic carbocycles. The van der Waals surface area contributed by atoms with E-state index >= 15 is 0 Å². The molecule has 0 saturated heterocycles. The summed E-state index contributed by atoms with van der Waals surface area (Å²) < 4.78 is 6.31. The van der Waals surface area contributed by atoms with Crippen molar-refractivity contribution in [3.05, 3.63) is 72.3 Å². The molecule has 1 atom stereocenters. The van der Waals surface area contributed by atoms with Crippen LogP contribution in [0.5, 0.6) is 5.75 Å². The van der Waals surface area contributed by atoms with E-state index in [0.717, 1.165) is 31.0 Å². The van der Waals surface area contributed by atoms with Gasteiger partial charge in [-0.1, -0.05) is 60.7 Å². The average molecular weight is 335 g/mol. The number of nitrogens with one attached hydrogen (secondary N) is 1. The molecule has 0 aromatic heterocycles. The lowest BCUT2D eigenvalue weighted by Crippen LogP contribution is -2.36. The van der Waals surface area contributed by atoms with E-state index < -0.39 is 0 Å². The Morgan fingerprint density at radius 1 is 0.958 bits per heavy atom. The van der Waals surface area contributed by atoms with Crippen LogP contribution in [0.3, 0.4) is 0 Å². The van der Waals surface area contributed by atoms with Crippen molar-refractivity contribution >= 4 is 22.5 Å². The summed E-state index contributed by atoms with van der Waals surface area (Å²) in [5.74, 6) is 2.06. The smallest absolute Gasteiger partial charge is 0.141 e. The van der Waals surface area contributed by atoms with Crippen molar-refractivity contribution in [1.29, 1.82) is 0 Å². The molecule has 24 heavy (non-hydrogen) atoms. The van der Waals surface area contributed by atoms with Gasteiger partial charge in [0, 0.05) is 17.7 Å². The Hall–Kier alpha value is -1.97.